The largest absolute Gasteiger partial charge is 0.379 e. The zero-order valence-electron chi connectivity index (χ0n) is 11.1. The third kappa shape index (κ3) is 3.37. The van der Waals surface area contributed by atoms with Crippen LogP contribution >= 0.6 is 11.6 Å². The molecule has 1 aliphatic heterocycles. The lowest BCUT2D eigenvalue weighted by Gasteiger charge is -2.27. The lowest BCUT2D eigenvalue weighted by molar-refractivity contribution is 0.0749. The summed E-state index contributed by atoms with van der Waals surface area (Å²) in [4.78, 5) is 2.26. The smallest absolute Gasteiger partial charge is 0.0620 e. The lowest BCUT2D eigenvalue weighted by atomic mass is 10.1. The van der Waals surface area contributed by atoms with Gasteiger partial charge in [-0.2, -0.15) is 0 Å². The summed E-state index contributed by atoms with van der Waals surface area (Å²) >= 11 is 6.15. The molecule has 2 rings (SSSR count). The van der Waals surface area contributed by atoms with E-state index in [-0.39, 0.29) is 0 Å². The van der Waals surface area contributed by atoms with Crippen LogP contribution in [0.2, 0.25) is 5.02 Å². The number of anilines is 1. The van der Waals surface area contributed by atoms with E-state index in [9.17, 15) is 0 Å². The van der Waals surface area contributed by atoms with E-state index in [1.807, 2.05) is 12.1 Å². The topological polar surface area (TPSA) is 24.5 Å². The second kappa shape index (κ2) is 6.41. The minimum atomic E-state index is 0.473. The van der Waals surface area contributed by atoms with Crippen LogP contribution in [0.3, 0.4) is 0 Å². The van der Waals surface area contributed by atoms with E-state index in [2.05, 4.69) is 30.3 Å². The maximum atomic E-state index is 6.15. The molecule has 4 heteroatoms. The molecule has 1 unspecified atom stereocenters. The van der Waals surface area contributed by atoms with Gasteiger partial charge in [0.25, 0.3) is 0 Å². The highest BCUT2D eigenvalue weighted by molar-refractivity contribution is 6.31. The molecule has 18 heavy (non-hydrogen) atoms. The molecule has 1 N–H and O–H groups in total. The molecule has 1 aliphatic rings. The highest BCUT2D eigenvalue weighted by Crippen LogP contribution is 2.25. The number of benzene rings is 1. The van der Waals surface area contributed by atoms with Gasteiger partial charge in [-0.15, -0.1) is 0 Å². The van der Waals surface area contributed by atoms with E-state index in [1.54, 1.807) is 0 Å². The second-order valence-electron chi connectivity index (χ2n) is 4.82. The third-order valence-corrected chi connectivity index (χ3v) is 3.87. The molecule has 0 radical (unpaired) electrons. The minimum Gasteiger partial charge on any atom is -0.379 e. The summed E-state index contributed by atoms with van der Waals surface area (Å²) in [6, 6.07) is 6.53. The number of nitrogens with zero attached hydrogens (tertiary/aromatic N) is 1. The maximum absolute atomic E-state index is 6.15. The van der Waals surface area contributed by atoms with Crippen molar-refractivity contribution < 1.29 is 4.74 Å². The van der Waals surface area contributed by atoms with Crippen LogP contribution in [0.25, 0.3) is 0 Å². The van der Waals surface area contributed by atoms with Crippen LogP contribution in [-0.2, 0) is 4.74 Å². The van der Waals surface area contributed by atoms with Gasteiger partial charge in [0.2, 0.25) is 0 Å². The minimum absolute atomic E-state index is 0.473. The average Bonchev–Trinajstić information content (AvgIpc) is 2.40. The predicted molar refractivity (Wildman–Crippen MR) is 76.7 cm³/mol. The van der Waals surface area contributed by atoms with Crippen molar-refractivity contribution in [3.05, 3.63) is 28.8 Å². The summed E-state index contributed by atoms with van der Waals surface area (Å²) in [5.74, 6) is 0. The molecule has 3 nitrogen and oxygen atoms in total. The average molecular weight is 269 g/mol. The van der Waals surface area contributed by atoms with E-state index < -0.39 is 0 Å². The van der Waals surface area contributed by atoms with Gasteiger partial charge in [0.05, 0.1) is 13.2 Å². The number of hydrogen-bond acceptors (Lipinski definition) is 3. The Morgan fingerprint density at radius 2 is 2.33 bits per heavy atom. The highest BCUT2D eigenvalue weighted by Gasteiger charge is 2.14. The third-order valence-electron chi connectivity index (χ3n) is 3.46. The van der Waals surface area contributed by atoms with Crippen LogP contribution in [0.1, 0.15) is 12.0 Å². The molecule has 0 aromatic heterocycles. The van der Waals surface area contributed by atoms with Crippen molar-refractivity contribution >= 4 is 17.3 Å². The molecular formula is C14H21ClN2O. The lowest BCUT2D eigenvalue weighted by Crippen LogP contribution is -2.43. The Balaban J connectivity index is 1.90. The molecular weight excluding hydrogens is 248 g/mol. The van der Waals surface area contributed by atoms with E-state index in [4.69, 9.17) is 16.3 Å². The summed E-state index contributed by atoms with van der Waals surface area (Å²) in [5.41, 5.74) is 2.36. The first-order valence-electron chi connectivity index (χ1n) is 6.46. The fourth-order valence-electron chi connectivity index (χ4n) is 2.28. The van der Waals surface area contributed by atoms with Gasteiger partial charge in [-0.25, -0.2) is 0 Å². The van der Waals surface area contributed by atoms with E-state index in [0.717, 1.165) is 43.3 Å². The van der Waals surface area contributed by atoms with Gasteiger partial charge < -0.3 is 15.0 Å². The summed E-state index contributed by atoms with van der Waals surface area (Å²) in [6.07, 6.45) is 1.09. The Morgan fingerprint density at radius 3 is 3.06 bits per heavy atom. The van der Waals surface area contributed by atoms with Gasteiger partial charge >= 0.3 is 0 Å². The summed E-state index contributed by atoms with van der Waals surface area (Å²) in [7, 11) is 2.11. The number of ether oxygens (including phenoxy) is 1. The van der Waals surface area contributed by atoms with Crippen LogP contribution in [0.5, 0.6) is 0 Å². The summed E-state index contributed by atoms with van der Waals surface area (Å²) < 4.78 is 5.46. The molecule has 0 aliphatic carbocycles. The summed E-state index contributed by atoms with van der Waals surface area (Å²) in [5, 5.41) is 4.31. The zero-order valence-corrected chi connectivity index (χ0v) is 11.8. The van der Waals surface area contributed by atoms with Gasteiger partial charge in [-0.1, -0.05) is 17.7 Å². The second-order valence-corrected chi connectivity index (χ2v) is 5.23. The fraction of sp³-hybridized carbons (Fsp3) is 0.571. The number of hydrogen-bond donors (Lipinski definition) is 1. The highest BCUT2D eigenvalue weighted by atomic mass is 35.5. The number of morpholine rings is 1. The van der Waals surface area contributed by atoms with Crippen LogP contribution in [0.15, 0.2) is 18.2 Å². The molecule has 0 spiro atoms. The van der Waals surface area contributed by atoms with E-state index in [0.29, 0.717) is 6.04 Å². The SMILES string of the molecule is Cc1c(Cl)cccc1N(C)CCC1COCCN1. The van der Waals surface area contributed by atoms with E-state index >= 15 is 0 Å². The summed E-state index contributed by atoms with van der Waals surface area (Å²) in [6.45, 7) is 5.69. The van der Waals surface area contributed by atoms with Crippen LogP contribution in [0.4, 0.5) is 5.69 Å². The Bertz CT molecular complexity index is 391. The monoisotopic (exact) mass is 268 g/mol. The molecule has 0 amide bonds. The van der Waals surface area contributed by atoms with Crippen LogP contribution in [-0.4, -0.2) is 39.4 Å². The quantitative estimate of drug-likeness (QED) is 0.908. The fourth-order valence-corrected chi connectivity index (χ4v) is 2.45. The van der Waals surface area contributed by atoms with Crippen LogP contribution < -0.4 is 10.2 Å². The molecule has 0 bridgehead atoms. The number of nitrogens with one attached hydrogen (secondary N) is 1. The van der Waals surface area contributed by atoms with Crippen LogP contribution in [0, 0.1) is 6.92 Å². The Labute approximate surface area is 114 Å². The Kier molecular flexibility index (Phi) is 4.87. The standard InChI is InChI=1S/C14H21ClN2O/c1-11-13(15)4-3-5-14(11)17(2)8-6-12-10-18-9-7-16-12/h3-5,12,16H,6-10H2,1-2H3. The molecule has 0 saturated carbocycles. The van der Waals surface area contributed by atoms with Crippen molar-refractivity contribution in [2.75, 3.05) is 38.3 Å². The predicted octanol–water partition coefficient (Wildman–Crippen LogP) is 2.46. The van der Waals surface area contributed by atoms with Gasteiger partial charge in [-0.3, -0.25) is 0 Å². The van der Waals surface area contributed by atoms with Gasteiger partial charge in [0, 0.05) is 36.9 Å². The Hall–Kier alpha value is -0.770. The molecule has 100 valence electrons. The van der Waals surface area contributed by atoms with Crippen molar-refractivity contribution in [2.24, 2.45) is 0 Å². The molecule has 1 heterocycles. The normalized spacial score (nSPS) is 19.8. The first kappa shape index (κ1) is 13.7. The van der Waals surface area contributed by atoms with Crippen molar-refractivity contribution in [1.82, 2.24) is 5.32 Å². The van der Waals surface area contributed by atoms with Gasteiger partial charge in [0.1, 0.15) is 0 Å². The zero-order chi connectivity index (χ0) is 13.0. The molecule has 1 atom stereocenters. The Morgan fingerprint density at radius 1 is 1.50 bits per heavy atom. The van der Waals surface area contributed by atoms with Crippen molar-refractivity contribution in [2.45, 2.75) is 19.4 Å². The molecule has 1 aromatic carbocycles. The van der Waals surface area contributed by atoms with Gasteiger partial charge in [-0.05, 0) is 31.0 Å². The van der Waals surface area contributed by atoms with Crippen molar-refractivity contribution in [3.63, 3.8) is 0 Å². The molecule has 1 fully saturated rings. The first-order chi connectivity index (χ1) is 8.68. The van der Waals surface area contributed by atoms with E-state index in [1.165, 1.54) is 5.69 Å². The number of rotatable bonds is 4. The number of halogens is 1. The molecule has 1 saturated heterocycles. The maximum Gasteiger partial charge on any atom is 0.0620 e. The van der Waals surface area contributed by atoms with Crippen molar-refractivity contribution in [3.8, 4) is 0 Å². The van der Waals surface area contributed by atoms with Gasteiger partial charge in [0.15, 0.2) is 0 Å². The van der Waals surface area contributed by atoms with Crippen molar-refractivity contribution in [1.29, 1.82) is 0 Å². The molecule has 1 aromatic rings. The first-order valence-corrected chi connectivity index (χ1v) is 6.83.